The summed E-state index contributed by atoms with van der Waals surface area (Å²) < 4.78 is 38.9. The summed E-state index contributed by atoms with van der Waals surface area (Å²) in [5.41, 5.74) is -0.341. The number of anilines is 2. The Balaban J connectivity index is 1.44. The van der Waals surface area contributed by atoms with E-state index in [4.69, 9.17) is 5.26 Å². The van der Waals surface area contributed by atoms with Crippen molar-refractivity contribution in [2.75, 3.05) is 36.4 Å². The molecule has 32 heavy (non-hydrogen) atoms. The van der Waals surface area contributed by atoms with Crippen LogP contribution in [0.1, 0.15) is 36.9 Å². The average Bonchev–Trinajstić information content (AvgIpc) is 3.28. The number of hydrogen-bond donors (Lipinski definition) is 1. The third-order valence-corrected chi connectivity index (χ3v) is 6.05. The highest BCUT2D eigenvalue weighted by Gasteiger charge is 2.44. The van der Waals surface area contributed by atoms with Crippen LogP contribution in [-0.2, 0) is 11.0 Å². The minimum atomic E-state index is -4.53. The number of carbonyl (C=O) groups is 1. The van der Waals surface area contributed by atoms with Crippen LogP contribution in [0.2, 0.25) is 0 Å². The molecule has 0 atom stereocenters. The topological polar surface area (TPSA) is 85.2 Å². The summed E-state index contributed by atoms with van der Waals surface area (Å²) >= 11 is 0. The van der Waals surface area contributed by atoms with Crippen molar-refractivity contribution in [3.05, 3.63) is 47.8 Å². The highest BCUT2D eigenvalue weighted by atomic mass is 19.4. The highest BCUT2D eigenvalue weighted by molar-refractivity contribution is 5.90. The molecular formula is C22H23F3N6O. The van der Waals surface area contributed by atoms with Crippen LogP contribution in [-0.4, -0.2) is 52.5 Å². The lowest BCUT2D eigenvalue weighted by atomic mass is 9.94. The third-order valence-electron chi connectivity index (χ3n) is 6.05. The Morgan fingerprint density at radius 1 is 1.06 bits per heavy atom. The zero-order chi connectivity index (χ0) is 22.8. The van der Waals surface area contributed by atoms with Crippen LogP contribution in [0.15, 0.2) is 36.5 Å². The van der Waals surface area contributed by atoms with Gasteiger partial charge in [-0.15, -0.1) is 0 Å². The second-order valence-electron chi connectivity index (χ2n) is 8.12. The molecule has 2 aliphatic rings. The fourth-order valence-corrected chi connectivity index (χ4v) is 4.35. The lowest BCUT2D eigenvalue weighted by Crippen LogP contribution is -2.58. The van der Waals surface area contributed by atoms with Gasteiger partial charge in [0.05, 0.1) is 11.6 Å². The van der Waals surface area contributed by atoms with Gasteiger partial charge in [0.15, 0.2) is 0 Å². The predicted molar refractivity (Wildman–Crippen MR) is 112 cm³/mol. The molecule has 2 aromatic rings. The van der Waals surface area contributed by atoms with Gasteiger partial charge < -0.3 is 15.1 Å². The summed E-state index contributed by atoms with van der Waals surface area (Å²) in [6.07, 6.45) is -0.120. The van der Waals surface area contributed by atoms with Gasteiger partial charge in [0.1, 0.15) is 11.2 Å². The Bertz CT molecular complexity index is 1000. The zero-order valence-electron chi connectivity index (χ0n) is 17.4. The number of rotatable bonds is 4. The monoisotopic (exact) mass is 444 g/mol. The van der Waals surface area contributed by atoms with Crippen molar-refractivity contribution in [3.63, 3.8) is 0 Å². The standard InChI is InChI=1S/C22H23F3N6O/c23-22(24,25)18-7-10-27-20(28-18)31-13-11-30(12-14-31)19(32)21(8-1-2-9-21)29-17-5-3-16(15-26)4-6-17/h3-7,10,29H,1-2,8-9,11-14H2. The number of amides is 1. The van der Waals surface area contributed by atoms with Gasteiger partial charge in [-0.1, -0.05) is 12.8 Å². The molecule has 10 heteroatoms. The minimum Gasteiger partial charge on any atom is -0.371 e. The Labute approximate surface area is 183 Å². The first kappa shape index (κ1) is 21.9. The van der Waals surface area contributed by atoms with Crippen molar-refractivity contribution >= 4 is 17.5 Å². The lowest BCUT2D eigenvalue weighted by molar-refractivity contribution is -0.141. The molecule has 2 heterocycles. The maximum Gasteiger partial charge on any atom is 0.433 e. The summed E-state index contributed by atoms with van der Waals surface area (Å²) in [6, 6.07) is 9.95. The van der Waals surface area contributed by atoms with Crippen LogP contribution < -0.4 is 10.2 Å². The summed E-state index contributed by atoms with van der Waals surface area (Å²) in [4.78, 5) is 24.6. The molecule has 1 aliphatic heterocycles. The highest BCUT2D eigenvalue weighted by Crippen LogP contribution is 2.35. The lowest BCUT2D eigenvalue weighted by Gasteiger charge is -2.40. The second-order valence-corrected chi connectivity index (χ2v) is 8.12. The van der Waals surface area contributed by atoms with E-state index in [1.165, 1.54) is 0 Å². The Morgan fingerprint density at radius 2 is 1.72 bits per heavy atom. The number of nitriles is 1. The number of halogens is 3. The number of nitrogens with one attached hydrogen (secondary N) is 1. The normalized spacial score (nSPS) is 18.3. The number of alkyl halides is 3. The van der Waals surface area contributed by atoms with Crippen LogP contribution in [0.25, 0.3) is 0 Å². The molecule has 168 valence electrons. The van der Waals surface area contributed by atoms with Crippen molar-refractivity contribution in [2.24, 2.45) is 0 Å². The largest absolute Gasteiger partial charge is 0.433 e. The van der Waals surface area contributed by atoms with Gasteiger partial charge >= 0.3 is 6.18 Å². The van der Waals surface area contributed by atoms with Crippen LogP contribution in [0.3, 0.4) is 0 Å². The SMILES string of the molecule is N#Cc1ccc(NC2(C(=O)N3CCN(c4nccc(C(F)(F)F)n4)CC3)CCCC2)cc1. The number of carbonyl (C=O) groups excluding carboxylic acids is 1. The van der Waals surface area contributed by atoms with E-state index in [2.05, 4.69) is 21.4 Å². The third kappa shape index (κ3) is 4.47. The molecule has 2 fully saturated rings. The molecule has 0 spiro atoms. The van der Waals surface area contributed by atoms with E-state index in [1.807, 2.05) is 0 Å². The Hall–Kier alpha value is -3.35. The average molecular weight is 444 g/mol. The quantitative estimate of drug-likeness (QED) is 0.778. The molecule has 0 unspecified atom stereocenters. The zero-order valence-corrected chi connectivity index (χ0v) is 17.4. The van der Waals surface area contributed by atoms with Crippen molar-refractivity contribution in [3.8, 4) is 6.07 Å². The molecule has 7 nitrogen and oxygen atoms in total. The molecule has 4 rings (SSSR count). The molecule has 1 N–H and O–H groups in total. The first-order valence-electron chi connectivity index (χ1n) is 10.5. The van der Waals surface area contributed by atoms with E-state index >= 15 is 0 Å². The van der Waals surface area contributed by atoms with Crippen LogP contribution in [0, 0.1) is 11.3 Å². The van der Waals surface area contributed by atoms with Crippen molar-refractivity contribution < 1.29 is 18.0 Å². The Morgan fingerprint density at radius 3 is 2.31 bits per heavy atom. The van der Waals surface area contributed by atoms with Gasteiger partial charge in [-0.3, -0.25) is 4.79 Å². The van der Waals surface area contributed by atoms with E-state index in [0.717, 1.165) is 30.8 Å². The van der Waals surface area contributed by atoms with E-state index in [9.17, 15) is 18.0 Å². The fourth-order valence-electron chi connectivity index (χ4n) is 4.35. The molecular weight excluding hydrogens is 421 g/mol. The van der Waals surface area contributed by atoms with E-state index in [-0.39, 0.29) is 11.9 Å². The summed E-state index contributed by atoms with van der Waals surface area (Å²) in [5, 5.41) is 12.4. The van der Waals surface area contributed by atoms with Gasteiger partial charge in [0.2, 0.25) is 11.9 Å². The van der Waals surface area contributed by atoms with Gasteiger partial charge in [-0.05, 0) is 43.2 Å². The molecule has 1 aliphatic carbocycles. The number of hydrogen-bond acceptors (Lipinski definition) is 6. The molecule has 1 saturated heterocycles. The van der Waals surface area contributed by atoms with Gasteiger partial charge in [0.25, 0.3) is 0 Å². The Kier molecular flexibility index (Phi) is 5.91. The summed E-state index contributed by atoms with van der Waals surface area (Å²) in [6.45, 7) is 1.49. The first-order chi connectivity index (χ1) is 15.3. The molecule has 1 amide bonds. The van der Waals surface area contributed by atoms with Crippen molar-refractivity contribution in [1.82, 2.24) is 14.9 Å². The molecule has 1 saturated carbocycles. The smallest absolute Gasteiger partial charge is 0.371 e. The van der Waals surface area contributed by atoms with Crippen molar-refractivity contribution in [1.29, 1.82) is 5.26 Å². The fraction of sp³-hybridized carbons (Fsp3) is 0.455. The first-order valence-corrected chi connectivity index (χ1v) is 10.5. The maximum atomic E-state index is 13.5. The summed E-state index contributed by atoms with van der Waals surface area (Å²) in [5.74, 6) is 0.0298. The maximum absolute atomic E-state index is 13.5. The van der Waals surface area contributed by atoms with Gasteiger partial charge in [-0.25, -0.2) is 9.97 Å². The molecule has 0 bridgehead atoms. The molecule has 0 radical (unpaired) electrons. The molecule has 1 aromatic heterocycles. The van der Waals surface area contributed by atoms with Gasteiger partial charge in [-0.2, -0.15) is 18.4 Å². The number of aromatic nitrogens is 2. The van der Waals surface area contributed by atoms with E-state index in [1.54, 1.807) is 34.1 Å². The minimum absolute atomic E-state index is 0.00368. The van der Waals surface area contributed by atoms with Crippen LogP contribution >= 0.6 is 0 Å². The number of piperazine rings is 1. The number of benzene rings is 1. The van der Waals surface area contributed by atoms with E-state index in [0.29, 0.717) is 44.6 Å². The van der Waals surface area contributed by atoms with Gasteiger partial charge in [0, 0.05) is 38.1 Å². The summed E-state index contributed by atoms with van der Waals surface area (Å²) in [7, 11) is 0. The molecule has 1 aromatic carbocycles. The van der Waals surface area contributed by atoms with E-state index < -0.39 is 17.4 Å². The van der Waals surface area contributed by atoms with Crippen LogP contribution in [0.4, 0.5) is 24.8 Å². The van der Waals surface area contributed by atoms with Crippen LogP contribution in [0.5, 0.6) is 0 Å². The number of nitrogens with zero attached hydrogens (tertiary/aromatic N) is 5. The predicted octanol–water partition coefficient (Wildman–Crippen LogP) is 3.44. The second kappa shape index (κ2) is 8.65. The van der Waals surface area contributed by atoms with Crippen molar-refractivity contribution in [2.45, 2.75) is 37.4 Å².